The highest BCUT2D eigenvalue weighted by atomic mass is 19.4. The van der Waals surface area contributed by atoms with E-state index in [9.17, 15) is 27.5 Å². The van der Waals surface area contributed by atoms with Crippen LogP contribution in [0, 0.1) is 0 Å². The first kappa shape index (κ1) is 16.2. The van der Waals surface area contributed by atoms with Crippen LogP contribution in [0.5, 0.6) is 5.75 Å². The summed E-state index contributed by atoms with van der Waals surface area (Å²) in [6.45, 7) is 1.31. The van der Waals surface area contributed by atoms with Crippen molar-refractivity contribution in [2.24, 2.45) is 0 Å². The monoisotopic (exact) mass is 296 g/mol. The van der Waals surface area contributed by atoms with Gasteiger partial charge in [-0.3, -0.25) is 0 Å². The first-order valence-electron chi connectivity index (χ1n) is 5.59. The zero-order chi connectivity index (χ0) is 15.3. The molecular weight excluding hydrogens is 284 g/mol. The van der Waals surface area contributed by atoms with Crippen LogP contribution in [0.3, 0.4) is 0 Å². The summed E-state index contributed by atoms with van der Waals surface area (Å²) < 4.78 is 58.2. The number of carbonyl (C=O) groups is 1. The van der Waals surface area contributed by atoms with E-state index in [1.165, 1.54) is 19.1 Å². The maximum absolute atomic E-state index is 13.6. The Morgan fingerprint density at radius 3 is 2.50 bits per heavy atom. The van der Waals surface area contributed by atoms with Crippen LogP contribution >= 0.6 is 0 Å². The lowest BCUT2D eigenvalue weighted by molar-refractivity contribution is -0.275. The van der Waals surface area contributed by atoms with Crippen molar-refractivity contribution in [1.29, 1.82) is 0 Å². The highest BCUT2D eigenvalue weighted by molar-refractivity contribution is 5.75. The predicted octanol–water partition coefficient (Wildman–Crippen LogP) is 2.52. The van der Waals surface area contributed by atoms with Gasteiger partial charge in [0.15, 0.2) is 0 Å². The van der Waals surface area contributed by atoms with E-state index < -0.39 is 35.9 Å². The van der Waals surface area contributed by atoms with Gasteiger partial charge < -0.3 is 14.6 Å². The fourth-order valence-electron chi connectivity index (χ4n) is 1.45. The summed E-state index contributed by atoms with van der Waals surface area (Å²) in [6, 6.07) is 4.43. The minimum absolute atomic E-state index is 0.118. The molecule has 20 heavy (non-hydrogen) atoms. The van der Waals surface area contributed by atoms with Crippen molar-refractivity contribution in [3.05, 3.63) is 29.8 Å². The number of aliphatic hydroxyl groups is 1. The van der Waals surface area contributed by atoms with E-state index in [4.69, 9.17) is 0 Å². The van der Waals surface area contributed by atoms with E-state index in [1.54, 1.807) is 0 Å². The van der Waals surface area contributed by atoms with Crippen LogP contribution in [0.15, 0.2) is 24.3 Å². The molecule has 0 amide bonds. The lowest BCUT2D eigenvalue weighted by Gasteiger charge is -2.18. The molecule has 0 bridgehead atoms. The Kier molecular flexibility index (Phi) is 5.32. The lowest BCUT2D eigenvalue weighted by Crippen LogP contribution is -2.27. The highest BCUT2D eigenvalue weighted by Crippen LogP contribution is 2.32. The van der Waals surface area contributed by atoms with Gasteiger partial charge in [0, 0.05) is 5.56 Å². The Balaban J connectivity index is 2.98. The van der Waals surface area contributed by atoms with Gasteiger partial charge in [0.25, 0.3) is 0 Å². The van der Waals surface area contributed by atoms with Gasteiger partial charge in [0.05, 0.1) is 6.61 Å². The van der Waals surface area contributed by atoms with Crippen molar-refractivity contribution < 1.29 is 36.9 Å². The van der Waals surface area contributed by atoms with Crippen molar-refractivity contribution >= 4 is 5.97 Å². The number of benzene rings is 1. The third kappa shape index (κ3) is 4.37. The van der Waals surface area contributed by atoms with Gasteiger partial charge in [0.1, 0.15) is 11.9 Å². The molecule has 2 atom stereocenters. The standard InChI is InChI=1S/C12H12F4O4/c1-2-19-11(18)9(13)10(17)7-5-3-4-6-8(7)20-12(14,15)16/h3-6,9-10,17H,2H2,1H3. The van der Waals surface area contributed by atoms with E-state index in [0.717, 1.165) is 12.1 Å². The molecule has 1 aromatic carbocycles. The quantitative estimate of drug-likeness (QED) is 0.670. The Labute approximate surface area is 111 Å². The molecule has 0 radical (unpaired) electrons. The van der Waals surface area contributed by atoms with Gasteiger partial charge in [-0.15, -0.1) is 13.2 Å². The molecule has 0 aliphatic carbocycles. The summed E-state index contributed by atoms with van der Waals surface area (Å²) in [6.07, 6.45) is -9.62. The van der Waals surface area contributed by atoms with Crippen molar-refractivity contribution in [3.8, 4) is 5.75 Å². The molecule has 0 aliphatic heterocycles. The van der Waals surface area contributed by atoms with Crippen molar-refractivity contribution in [2.75, 3.05) is 6.61 Å². The van der Waals surface area contributed by atoms with Gasteiger partial charge in [0.2, 0.25) is 6.17 Å². The lowest BCUT2D eigenvalue weighted by atomic mass is 10.0. The van der Waals surface area contributed by atoms with E-state index >= 15 is 0 Å². The Bertz CT molecular complexity index is 461. The number of aliphatic hydroxyl groups excluding tert-OH is 1. The summed E-state index contributed by atoms with van der Waals surface area (Å²) in [7, 11) is 0. The van der Waals surface area contributed by atoms with Crippen LogP contribution in [0.4, 0.5) is 17.6 Å². The third-order valence-electron chi connectivity index (χ3n) is 2.25. The van der Waals surface area contributed by atoms with Crippen LogP contribution in [-0.4, -0.2) is 30.2 Å². The molecule has 112 valence electrons. The average Bonchev–Trinajstić information content (AvgIpc) is 2.36. The number of carbonyl (C=O) groups excluding carboxylic acids is 1. The number of rotatable bonds is 5. The van der Waals surface area contributed by atoms with Gasteiger partial charge in [-0.05, 0) is 13.0 Å². The molecule has 0 fully saturated rings. The van der Waals surface area contributed by atoms with Crippen molar-refractivity contribution in [3.63, 3.8) is 0 Å². The van der Waals surface area contributed by atoms with Crippen LogP contribution in [0.2, 0.25) is 0 Å². The molecule has 1 aromatic rings. The zero-order valence-electron chi connectivity index (χ0n) is 10.4. The number of halogens is 4. The average molecular weight is 296 g/mol. The number of hydrogen-bond acceptors (Lipinski definition) is 4. The summed E-state index contributed by atoms with van der Waals surface area (Å²) in [4.78, 5) is 11.1. The molecule has 8 heteroatoms. The topological polar surface area (TPSA) is 55.8 Å². The van der Waals surface area contributed by atoms with E-state index in [-0.39, 0.29) is 6.61 Å². The van der Waals surface area contributed by atoms with Crippen LogP contribution in [0.1, 0.15) is 18.6 Å². The van der Waals surface area contributed by atoms with E-state index in [0.29, 0.717) is 0 Å². The Morgan fingerprint density at radius 1 is 1.35 bits per heavy atom. The molecule has 1 rings (SSSR count). The minimum atomic E-state index is -4.99. The fourth-order valence-corrected chi connectivity index (χ4v) is 1.45. The molecule has 0 aromatic heterocycles. The highest BCUT2D eigenvalue weighted by Gasteiger charge is 2.36. The normalized spacial score (nSPS) is 14.5. The van der Waals surface area contributed by atoms with Gasteiger partial charge >= 0.3 is 12.3 Å². The second-order valence-corrected chi connectivity index (χ2v) is 3.68. The zero-order valence-corrected chi connectivity index (χ0v) is 10.4. The van der Waals surface area contributed by atoms with Gasteiger partial charge in [-0.2, -0.15) is 0 Å². The molecule has 4 nitrogen and oxygen atoms in total. The predicted molar refractivity (Wildman–Crippen MR) is 59.6 cm³/mol. The second kappa shape index (κ2) is 6.56. The molecular formula is C12H12F4O4. The van der Waals surface area contributed by atoms with Crippen molar-refractivity contribution in [2.45, 2.75) is 25.6 Å². The molecule has 0 heterocycles. The van der Waals surface area contributed by atoms with E-state index in [1.807, 2.05) is 0 Å². The summed E-state index contributed by atoms with van der Waals surface area (Å²) in [5, 5.41) is 9.64. The first-order valence-corrected chi connectivity index (χ1v) is 5.59. The molecule has 0 spiro atoms. The molecule has 0 saturated carbocycles. The number of esters is 1. The van der Waals surface area contributed by atoms with Gasteiger partial charge in [-0.1, -0.05) is 18.2 Å². The molecule has 0 saturated heterocycles. The summed E-state index contributed by atoms with van der Waals surface area (Å²) >= 11 is 0. The van der Waals surface area contributed by atoms with Crippen LogP contribution in [-0.2, 0) is 9.53 Å². The molecule has 2 unspecified atom stereocenters. The SMILES string of the molecule is CCOC(=O)C(F)C(O)c1ccccc1OC(F)(F)F. The van der Waals surface area contributed by atoms with Crippen LogP contribution < -0.4 is 4.74 Å². The number of alkyl halides is 4. The smallest absolute Gasteiger partial charge is 0.464 e. The first-order chi connectivity index (χ1) is 9.26. The van der Waals surface area contributed by atoms with Gasteiger partial charge in [-0.25, -0.2) is 9.18 Å². The largest absolute Gasteiger partial charge is 0.573 e. The van der Waals surface area contributed by atoms with Crippen molar-refractivity contribution in [1.82, 2.24) is 0 Å². The Morgan fingerprint density at radius 2 is 1.95 bits per heavy atom. The number of ether oxygens (including phenoxy) is 2. The molecule has 1 N–H and O–H groups in total. The minimum Gasteiger partial charge on any atom is -0.464 e. The fraction of sp³-hybridized carbons (Fsp3) is 0.417. The third-order valence-corrected chi connectivity index (χ3v) is 2.25. The van der Waals surface area contributed by atoms with E-state index in [2.05, 4.69) is 9.47 Å². The van der Waals surface area contributed by atoms with Crippen LogP contribution in [0.25, 0.3) is 0 Å². The number of hydrogen-bond donors (Lipinski definition) is 1. The summed E-state index contributed by atoms with van der Waals surface area (Å²) in [5.74, 6) is -2.14. The maximum Gasteiger partial charge on any atom is 0.573 e. The Hall–Kier alpha value is -1.83. The second-order valence-electron chi connectivity index (χ2n) is 3.68. The molecule has 0 aliphatic rings. The number of para-hydroxylation sites is 1. The summed E-state index contributed by atoms with van der Waals surface area (Å²) in [5.41, 5.74) is -0.495. The maximum atomic E-state index is 13.6.